The Morgan fingerprint density at radius 1 is 0.800 bits per heavy atom. The Morgan fingerprint density at radius 2 is 1.33 bits per heavy atom. The van der Waals surface area contributed by atoms with Crippen LogP contribution in [0.25, 0.3) is 0 Å². The molecule has 0 radical (unpaired) electrons. The summed E-state index contributed by atoms with van der Waals surface area (Å²) in [6.45, 7) is 0. The Labute approximate surface area is 90.0 Å². The van der Waals surface area contributed by atoms with Crippen molar-refractivity contribution in [1.29, 1.82) is 0 Å². The molecule has 0 unspecified atom stereocenters. The molecule has 2 aliphatic rings. The summed E-state index contributed by atoms with van der Waals surface area (Å²) in [5, 5.41) is 0. The molecule has 3 rings (SSSR count). The van der Waals surface area contributed by atoms with Gasteiger partial charge in [0.05, 0.1) is 0 Å². The van der Waals surface area contributed by atoms with Crippen molar-refractivity contribution in [1.82, 2.24) is 4.98 Å². The summed E-state index contributed by atoms with van der Waals surface area (Å²) in [5.41, 5.74) is 12.6. The maximum absolute atomic E-state index is 6.22. The van der Waals surface area contributed by atoms with Gasteiger partial charge in [0.1, 0.15) is 0 Å². The standard InChI is InChI=1S/C12H16N2.H2O/c13-12-8-4-1-2-6-10(8)14-11-7-3-5-9(11)12;/h1-7H2,(H2,13,14);1H2. The van der Waals surface area contributed by atoms with E-state index in [1.807, 2.05) is 0 Å². The summed E-state index contributed by atoms with van der Waals surface area (Å²) >= 11 is 0. The van der Waals surface area contributed by atoms with E-state index < -0.39 is 0 Å². The molecule has 0 bridgehead atoms. The van der Waals surface area contributed by atoms with Crippen LogP contribution in [0.4, 0.5) is 5.69 Å². The highest BCUT2D eigenvalue weighted by Gasteiger charge is 2.22. The van der Waals surface area contributed by atoms with Crippen LogP contribution in [0.1, 0.15) is 41.8 Å². The minimum Gasteiger partial charge on any atom is -0.412 e. The Morgan fingerprint density at radius 3 is 2.07 bits per heavy atom. The molecule has 0 fully saturated rings. The number of aryl methyl sites for hydroxylation is 2. The van der Waals surface area contributed by atoms with Crippen LogP contribution in [0.2, 0.25) is 0 Å². The SMILES string of the molecule is Nc1c2c(nc3c1CCC3)CCCC2.O. The smallest absolute Gasteiger partial charge is 0.0459 e. The molecule has 4 N–H and O–H groups in total. The number of hydrogen-bond donors (Lipinski definition) is 1. The molecular formula is C12H18N2O. The summed E-state index contributed by atoms with van der Waals surface area (Å²) < 4.78 is 0. The van der Waals surface area contributed by atoms with Gasteiger partial charge in [-0.15, -0.1) is 0 Å². The summed E-state index contributed by atoms with van der Waals surface area (Å²) in [4.78, 5) is 4.77. The van der Waals surface area contributed by atoms with E-state index in [-0.39, 0.29) is 5.48 Å². The second-order valence-electron chi connectivity index (χ2n) is 4.44. The van der Waals surface area contributed by atoms with Crippen LogP contribution in [0.5, 0.6) is 0 Å². The Kier molecular flexibility index (Phi) is 2.65. The fourth-order valence-electron chi connectivity index (χ4n) is 2.79. The molecule has 82 valence electrons. The molecule has 0 atom stereocenters. The highest BCUT2D eigenvalue weighted by Crippen LogP contribution is 2.33. The van der Waals surface area contributed by atoms with Crippen LogP contribution in [0.15, 0.2) is 0 Å². The molecule has 0 saturated carbocycles. The van der Waals surface area contributed by atoms with Crippen LogP contribution in [-0.4, -0.2) is 10.5 Å². The molecule has 3 nitrogen and oxygen atoms in total. The second kappa shape index (κ2) is 3.81. The van der Waals surface area contributed by atoms with Gasteiger partial charge in [-0.1, -0.05) is 0 Å². The predicted molar refractivity (Wildman–Crippen MR) is 60.9 cm³/mol. The number of nitrogens with zero attached hydrogens (tertiary/aromatic N) is 1. The highest BCUT2D eigenvalue weighted by atomic mass is 16.0. The first-order valence-electron chi connectivity index (χ1n) is 5.65. The van der Waals surface area contributed by atoms with Crippen LogP contribution < -0.4 is 5.73 Å². The molecule has 0 aromatic carbocycles. The first-order valence-corrected chi connectivity index (χ1v) is 5.65. The molecular weight excluding hydrogens is 188 g/mol. The fraction of sp³-hybridized carbons (Fsp3) is 0.583. The van der Waals surface area contributed by atoms with Gasteiger partial charge in [0, 0.05) is 17.1 Å². The molecule has 2 aliphatic carbocycles. The lowest BCUT2D eigenvalue weighted by atomic mass is 9.92. The molecule has 3 heteroatoms. The maximum atomic E-state index is 6.22. The summed E-state index contributed by atoms with van der Waals surface area (Å²) in [7, 11) is 0. The molecule has 1 aromatic rings. The van der Waals surface area contributed by atoms with E-state index in [4.69, 9.17) is 10.7 Å². The zero-order valence-corrected chi connectivity index (χ0v) is 8.97. The van der Waals surface area contributed by atoms with E-state index in [0.29, 0.717) is 0 Å². The number of nitrogens with two attached hydrogens (primary N) is 1. The lowest BCUT2D eigenvalue weighted by molar-refractivity contribution is 0.665. The van der Waals surface area contributed by atoms with Crippen molar-refractivity contribution >= 4 is 5.69 Å². The number of aromatic nitrogens is 1. The molecule has 1 aromatic heterocycles. The minimum atomic E-state index is 0. The molecule has 0 amide bonds. The molecule has 15 heavy (non-hydrogen) atoms. The first-order chi connectivity index (χ1) is 6.86. The van der Waals surface area contributed by atoms with Crippen molar-refractivity contribution in [3.05, 3.63) is 22.5 Å². The topological polar surface area (TPSA) is 70.4 Å². The normalized spacial score (nSPS) is 17.9. The maximum Gasteiger partial charge on any atom is 0.0459 e. The number of rotatable bonds is 0. The Hall–Kier alpha value is -1.09. The van der Waals surface area contributed by atoms with Gasteiger partial charge >= 0.3 is 0 Å². The first kappa shape index (κ1) is 10.4. The minimum absolute atomic E-state index is 0. The monoisotopic (exact) mass is 206 g/mol. The van der Waals surface area contributed by atoms with Gasteiger partial charge in [0.2, 0.25) is 0 Å². The third kappa shape index (κ3) is 1.51. The van der Waals surface area contributed by atoms with Crippen LogP contribution in [0, 0.1) is 0 Å². The quantitative estimate of drug-likeness (QED) is 0.693. The van der Waals surface area contributed by atoms with E-state index in [0.717, 1.165) is 31.4 Å². The average molecular weight is 206 g/mol. The van der Waals surface area contributed by atoms with E-state index in [1.54, 1.807) is 0 Å². The fourth-order valence-corrected chi connectivity index (χ4v) is 2.79. The van der Waals surface area contributed by atoms with Gasteiger partial charge in [0.25, 0.3) is 0 Å². The van der Waals surface area contributed by atoms with Gasteiger partial charge in [0.15, 0.2) is 0 Å². The van der Waals surface area contributed by atoms with Crippen molar-refractivity contribution in [3.8, 4) is 0 Å². The number of nitrogen functional groups attached to an aromatic ring is 1. The van der Waals surface area contributed by atoms with Gasteiger partial charge in [-0.25, -0.2) is 0 Å². The van der Waals surface area contributed by atoms with Gasteiger partial charge in [-0.3, -0.25) is 4.98 Å². The number of anilines is 1. The van der Waals surface area contributed by atoms with E-state index in [1.165, 1.54) is 41.8 Å². The summed E-state index contributed by atoms with van der Waals surface area (Å²) in [6.07, 6.45) is 8.42. The van der Waals surface area contributed by atoms with Crippen molar-refractivity contribution < 1.29 is 5.48 Å². The zero-order valence-electron chi connectivity index (χ0n) is 8.97. The van der Waals surface area contributed by atoms with E-state index in [9.17, 15) is 0 Å². The summed E-state index contributed by atoms with van der Waals surface area (Å²) in [5.74, 6) is 0. The van der Waals surface area contributed by atoms with Crippen LogP contribution in [0.3, 0.4) is 0 Å². The zero-order chi connectivity index (χ0) is 9.54. The highest BCUT2D eigenvalue weighted by molar-refractivity contribution is 5.59. The van der Waals surface area contributed by atoms with Gasteiger partial charge < -0.3 is 11.2 Å². The van der Waals surface area contributed by atoms with Crippen LogP contribution >= 0.6 is 0 Å². The molecule has 0 aliphatic heterocycles. The second-order valence-corrected chi connectivity index (χ2v) is 4.44. The number of pyridine rings is 1. The van der Waals surface area contributed by atoms with Crippen LogP contribution in [-0.2, 0) is 25.7 Å². The van der Waals surface area contributed by atoms with Gasteiger partial charge in [-0.05, 0) is 56.1 Å². The van der Waals surface area contributed by atoms with E-state index in [2.05, 4.69) is 0 Å². The Balaban J connectivity index is 0.000000853. The predicted octanol–water partition coefficient (Wildman–Crippen LogP) is 1.21. The molecule has 0 saturated heterocycles. The largest absolute Gasteiger partial charge is 0.412 e. The summed E-state index contributed by atoms with van der Waals surface area (Å²) in [6, 6.07) is 0. The lowest BCUT2D eigenvalue weighted by Crippen LogP contribution is -2.12. The molecule has 1 heterocycles. The number of hydrogen-bond acceptors (Lipinski definition) is 2. The van der Waals surface area contributed by atoms with Gasteiger partial charge in [-0.2, -0.15) is 0 Å². The van der Waals surface area contributed by atoms with Crippen molar-refractivity contribution in [3.63, 3.8) is 0 Å². The van der Waals surface area contributed by atoms with Crippen molar-refractivity contribution in [2.45, 2.75) is 44.9 Å². The third-order valence-electron chi connectivity index (χ3n) is 3.55. The van der Waals surface area contributed by atoms with Crippen molar-refractivity contribution in [2.75, 3.05) is 5.73 Å². The Bertz CT molecular complexity index is 388. The van der Waals surface area contributed by atoms with E-state index >= 15 is 0 Å². The average Bonchev–Trinajstić information content (AvgIpc) is 2.66. The molecule has 0 spiro atoms. The lowest BCUT2D eigenvalue weighted by Gasteiger charge is -2.19. The third-order valence-corrected chi connectivity index (χ3v) is 3.55. The van der Waals surface area contributed by atoms with Crippen molar-refractivity contribution in [2.24, 2.45) is 0 Å². The number of fused-ring (bicyclic) bond motifs is 2.